The largest absolute Gasteiger partial charge is 0.497 e. The van der Waals surface area contributed by atoms with Crippen LogP contribution in [0.4, 0.5) is 23.0 Å². The Labute approximate surface area is 164 Å². The zero-order chi connectivity index (χ0) is 19.9. The minimum absolute atomic E-state index is 0.587. The number of nitrogens with one attached hydrogen (secondary N) is 2. The van der Waals surface area contributed by atoms with Gasteiger partial charge in [-0.3, -0.25) is 0 Å². The van der Waals surface area contributed by atoms with Crippen molar-refractivity contribution < 1.29 is 14.2 Å². The number of aryl methyl sites for hydroxylation is 1. The molecule has 0 spiro atoms. The molecule has 3 aromatic rings. The van der Waals surface area contributed by atoms with Gasteiger partial charge in [0.1, 0.15) is 34.7 Å². The number of ether oxygens (including phenoxy) is 3. The van der Waals surface area contributed by atoms with Gasteiger partial charge in [0, 0.05) is 12.1 Å². The molecule has 0 atom stereocenters. The first kappa shape index (κ1) is 19.3. The monoisotopic (exact) mass is 380 g/mol. The van der Waals surface area contributed by atoms with E-state index in [2.05, 4.69) is 20.6 Å². The average Bonchev–Trinajstić information content (AvgIpc) is 2.69. The normalized spacial score (nSPS) is 10.3. The van der Waals surface area contributed by atoms with Gasteiger partial charge in [-0.25, -0.2) is 9.97 Å². The zero-order valence-corrected chi connectivity index (χ0v) is 16.4. The predicted octanol–water partition coefficient (Wildman–Crippen LogP) is 4.69. The van der Waals surface area contributed by atoms with Gasteiger partial charge in [0.15, 0.2) is 0 Å². The van der Waals surface area contributed by atoms with E-state index in [9.17, 15) is 0 Å². The van der Waals surface area contributed by atoms with E-state index in [4.69, 9.17) is 14.2 Å². The molecule has 0 aliphatic rings. The number of rotatable bonds is 8. The van der Waals surface area contributed by atoms with Gasteiger partial charge in [-0.05, 0) is 38.1 Å². The number of aromatic nitrogens is 2. The second-order valence-electron chi connectivity index (χ2n) is 5.93. The zero-order valence-electron chi connectivity index (χ0n) is 16.4. The third kappa shape index (κ3) is 4.62. The highest BCUT2D eigenvalue weighted by atomic mass is 16.5. The highest BCUT2D eigenvalue weighted by Gasteiger charge is 2.10. The van der Waals surface area contributed by atoms with Crippen LogP contribution in [0.1, 0.15) is 12.7 Å². The molecular formula is C21H24N4O3. The molecule has 3 rings (SSSR count). The maximum Gasteiger partial charge on any atom is 0.142 e. The Balaban J connectivity index is 1.89. The Hall–Kier alpha value is -3.48. The van der Waals surface area contributed by atoms with Gasteiger partial charge in [0.25, 0.3) is 0 Å². The summed E-state index contributed by atoms with van der Waals surface area (Å²) in [6.07, 6.45) is 0. The highest BCUT2D eigenvalue weighted by molar-refractivity contribution is 5.70. The van der Waals surface area contributed by atoms with Gasteiger partial charge in [-0.2, -0.15) is 0 Å². The van der Waals surface area contributed by atoms with E-state index in [1.165, 1.54) is 0 Å². The lowest BCUT2D eigenvalue weighted by Gasteiger charge is -2.15. The summed E-state index contributed by atoms with van der Waals surface area (Å²) in [6, 6.07) is 15.1. The standard InChI is InChI=1S/C21H24N4O3/c1-5-28-19-9-7-6-8-16(19)24-20-13-21(23-14(2)22-20)25-17-12-15(26-3)10-11-18(17)27-4/h6-13H,5H2,1-4H3,(H2,22,23,24,25). The van der Waals surface area contributed by atoms with Crippen molar-refractivity contribution in [2.24, 2.45) is 0 Å². The van der Waals surface area contributed by atoms with Gasteiger partial charge in [0.2, 0.25) is 0 Å². The third-order valence-corrected chi connectivity index (χ3v) is 3.96. The van der Waals surface area contributed by atoms with Crippen LogP contribution in [0.2, 0.25) is 0 Å². The first-order valence-corrected chi connectivity index (χ1v) is 8.96. The van der Waals surface area contributed by atoms with Crippen molar-refractivity contribution >= 4 is 23.0 Å². The molecule has 7 heteroatoms. The Morgan fingerprint density at radius 1 is 0.821 bits per heavy atom. The van der Waals surface area contributed by atoms with E-state index in [0.717, 1.165) is 22.9 Å². The summed E-state index contributed by atoms with van der Waals surface area (Å²) < 4.78 is 16.4. The van der Waals surface area contributed by atoms with Crippen LogP contribution < -0.4 is 24.8 Å². The maximum absolute atomic E-state index is 5.67. The predicted molar refractivity (Wildman–Crippen MR) is 110 cm³/mol. The van der Waals surface area contributed by atoms with E-state index >= 15 is 0 Å². The minimum atomic E-state index is 0.587. The quantitative estimate of drug-likeness (QED) is 0.587. The Morgan fingerprint density at radius 3 is 2.21 bits per heavy atom. The number of para-hydroxylation sites is 2. The number of methoxy groups -OCH3 is 2. The second-order valence-corrected chi connectivity index (χ2v) is 5.93. The molecule has 28 heavy (non-hydrogen) atoms. The first-order valence-electron chi connectivity index (χ1n) is 8.96. The Morgan fingerprint density at radius 2 is 1.54 bits per heavy atom. The lowest BCUT2D eigenvalue weighted by Crippen LogP contribution is -2.03. The van der Waals surface area contributed by atoms with Crippen molar-refractivity contribution in [2.75, 3.05) is 31.5 Å². The molecule has 0 fully saturated rings. The lowest BCUT2D eigenvalue weighted by molar-refractivity contribution is 0.342. The van der Waals surface area contributed by atoms with Crippen LogP contribution in [-0.2, 0) is 0 Å². The molecule has 0 aliphatic heterocycles. The van der Waals surface area contributed by atoms with Crippen LogP contribution >= 0.6 is 0 Å². The molecule has 2 N–H and O–H groups in total. The number of hydrogen-bond acceptors (Lipinski definition) is 7. The third-order valence-electron chi connectivity index (χ3n) is 3.96. The van der Waals surface area contributed by atoms with Gasteiger partial charge >= 0.3 is 0 Å². The molecule has 1 aromatic heterocycles. The molecule has 0 aliphatic carbocycles. The minimum Gasteiger partial charge on any atom is -0.497 e. The Kier molecular flexibility index (Phi) is 6.16. The molecule has 7 nitrogen and oxygen atoms in total. The molecule has 0 saturated heterocycles. The summed E-state index contributed by atoms with van der Waals surface area (Å²) in [5.41, 5.74) is 1.59. The SMILES string of the molecule is CCOc1ccccc1Nc1cc(Nc2cc(OC)ccc2OC)nc(C)n1. The van der Waals surface area contributed by atoms with E-state index < -0.39 is 0 Å². The lowest BCUT2D eigenvalue weighted by atomic mass is 10.2. The van der Waals surface area contributed by atoms with E-state index in [-0.39, 0.29) is 0 Å². The maximum atomic E-state index is 5.67. The van der Waals surface area contributed by atoms with E-state index in [0.29, 0.717) is 29.8 Å². The smallest absolute Gasteiger partial charge is 0.142 e. The van der Waals surface area contributed by atoms with Crippen LogP contribution in [0.15, 0.2) is 48.5 Å². The van der Waals surface area contributed by atoms with Crippen LogP contribution in [0, 0.1) is 6.92 Å². The van der Waals surface area contributed by atoms with Gasteiger partial charge in [-0.15, -0.1) is 0 Å². The second kappa shape index (κ2) is 8.94. The fraction of sp³-hybridized carbons (Fsp3) is 0.238. The topological polar surface area (TPSA) is 77.5 Å². The molecule has 0 saturated carbocycles. The molecular weight excluding hydrogens is 356 g/mol. The van der Waals surface area contributed by atoms with Crippen LogP contribution in [-0.4, -0.2) is 30.8 Å². The molecule has 0 unspecified atom stereocenters. The highest BCUT2D eigenvalue weighted by Crippen LogP contribution is 2.32. The fourth-order valence-corrected chi connectivity index (χ4v) is 2.73. The number of hydrogen-bond donors (Lipinski definition) is 2. The molecule has 2 aromatic carbocycles. The summed E-state index contributed by atoms with van der Waals surface area (Å²) in [5, 5.41) is 6.58. The summed E-state index contributed by atoms with van der Waals surface area (Å²) in [6.45, 7) is 4.38. The van der Waals surface area contributed by atoms with E-state index in [1.807, 2.05) is 62.4 Å². The van der Waals surface area contributed by atoms with Crippen LogP contribution in [0.5, 0.6) is 17.2 Å². The molecule has 0 radical (unpaired) electrons. The van der Waals surface area contributed by atoms with Crippen molar-refractivity contribution in [3.05, 3.63) is 54.4 Å². The number of anilines is 4. The summed E-state index contributed by atoms with van der Waals surface area (Å²) in [4.78, 5) is 8.95. The molecule has 1 heterocycles. The van der Waals surface area contributed by atoms with Crippen molar-refractivity contribution in [3.63, 3.8) is 0 Å². The molecule has 0 amide bonds. The van der Waals surface area contributed by atoms with Gasteiger partial charge in [-0.1, -0.05) is 12.1 Å². The molecule has 0 bridgehead atoms. The van der Waals surface area contributed by atoms with Crippen LogP contribution in [0.3, 0.4) is 0 Å². The summed E-state index contributed by atoms with van der Waals surface area (Å²) >= 11 is 0. The number of nitrogens with zero attached hydrogens (tertiary/aromatic N) is 2. The van der Waals surface area contributed by atoms with Crippen LogP contribution in [0.25, 0.3) is 0 Å². The van der Waals surface area contributed by atoms with E-state index in [1.54, 1.807) is 14.2 Å². The Bertz CT molecular complexity index is 947. The molecule has 146 valence electrons. The first-order chi connectivity index (χ1) is 13.6. The van der Waals surface area contributed by atoms with Crippen molar-refractivity contribution in [1.82, 2.24) is 9.97 Å². The van der Waals surface area contributed by atoms with Gasteiger partial charge < -0.3 is 24.8 Å². The fourth-order valence-electron chi connectivity index (χ4n) is 2.73. The summed E-state index contributed by atoms with van der Waals surface area (Å²) in [5.74, 6) is 4.10. The summed E-state index contributed by atoms with van der Waals surface area (Å²) in [7, 11) is 3.24. The van der Waals surface area contributed by atoms with Gasteiger partial charge in [0.05, 0.1) is 32.2 Å². The van der Waals surface area contributed by atoms with Crippen molar-refractivity contribution in [1.29, 1.82) is 0 Å². The van der Waals surface area contributed by atoms with Crippen molar-refractivity contribution in [2.45, 2.75) is 13.8 Å². The average molecular weight is 380 g/mol. The van der Waals surface area contributed by atoms with Crippen molar-refractivity contribution in [3.8, 4) is 17.2 Å². The number of benzene rings is 2.